The van der Waals surface area contributed by atoms with Gasteiger partial charge < -0.3 is 29.8 Å². The Morgan fingerprint density at radius 3 is 1.78 bits per heavy atom. The Bertz CT molecular complexity index is 2390. The molecular formula is C39H46IN7O10S2. The number of nitrogens with one attached hydrogen (secondary N) is 1. The largest absolute Gasteiger partial charge is 0.497 e. The molecule has 1 heterocycles. The first kappa shape index (κ1) is 45.2. The summed E-state index contributed by atoms with van der Waals surface area (Å²) in [6, 6.07) is 22.1. The smallest absolute Gasteiger partial charge is 0.404 e. The summed E-state index contributed by atoms with van der Waals surface area (Å²) < 4.78 is 85.2. The average Bonchev–Trinajstić information content (AvgIpc) is 3.66. The first-order valence-corrected chi connectivity index (χ1v) is 22.0. The lowest BCUT2D eigenvalue weighted by Gasteiger charge is -2.35. The Hall–Kier alpha value is -4.87. The van der Waals surface area contributed by atoms with Crippen molar-refractivity contribution in [1.82, 2.24) is 29.2 Å². The van der Waals surface area contributed by atoms with Crippen LogP contribution in [0.2, 0.25) is 0 Å². The molecule has 0 bridgehead atoms. The van der Waals surface area contributed by atoms with Gasteiger partial charge >= 0.3 is 6.09 Å². The zero-order chi connectivity index (χ0) is 43.1. The van der Waals surface area contributed by atoms with E-state index >= 15 is 8.42 Å². The zero-order valence-corrected chi connectivity index (χ0v) is 37.0. The van der Waals surface area contributed by atoms with Crippen LogP contribution < -0.4 is 24.7 Å². The lowest BCUT2D eigenvalue weighted by atomic mass is 9.84. The normalized spacial score (nSPS) is 13.2. The van der Waals surface area contributed by atoms with Crippen LogP contribution in [-0.2, 0) is 44.4 Å². The maximum absolute atomic E-state index is 15.5. The molecule has 0 saturated heterocycles. The van der Waals surface area contributed by atoms with Crippen molar-refractivity contribution in [3.63, 3.8) is 0 Å². The van der Waals surface area contributed by atoms with Crippen LogP contribution >= 0.6 is 22.6 Å². The van der Waals surface area contributed by atoms with E-state index < -0.39 is 60.1 Å². The number of ether oxygens (including phenoxy) is 4. The molecule has 1 amide bonds. The Morgan fingerprint density at radius 1 is 0.831 bits per heavy atom. The van der Waals surface area contributed by atoms with Gasteiger partial charge in [-0.25, -0.2) is 26.4 Å². The summed E-state index contributed by atoms with van der Waals surface area (Å²) in [6.07, 6.45) is -2.75. The van der Waals surface area contributed by atoms with Crippen LogP contribution in [0.3, 0.4) is 0 Å². The van der Waals surface area contributed by atoms with E-state index in [-0.39, 0.29) is 31.0 Å². The summed E-state index contributed by atoms with van der Waals surface area (Å²) in [4.78, 5) is 11.4. The van der Waals surface area contributed by atoms with Gasteiger partial charge in [0.2, 0.25) is 25.9 Å². The van der Waals surface area contributed by atoms with Gasteiger partial charge in [0.25, 0.3) is 0 Å². The Labute approximate surface area is 357 Å². The third-order valence-electron chi connectivity index (χ3n) is 9.15. The maximum Gasteiger partial charge on any atom is 0.404 e. The highest BCUT2D eigenvalue weighted by Gasteiger charge is 2.41. The van der Waals surface area contributed by atoms with Crippen LogP contribution in [0, 0.1) is 8.99 Å². The number of hydrogen-bond donors (Lipinski definition) is 3. The minimum Gasteiger partial charge on any atom is -0.497 e. The number of aliphatic hydroxyl groups excluding tert-OH is 1. The van der Waals surface area contributed by atoms with Crippen LogP contribution in [0.15, 0.2) is 94.7 Å². The molecule has 59 heavy (non-hydrogen) atoms. The molecular weight excluding hydrogens is 918 g/mol. The zero-order valence-electron chi connectivity index (χ0n) is 33.2. The number of sulfonamides is 2. The van der Waals surface area contributed by atoms with Gasteiger partial charge in [-0.3, -0.25) is 0 Å². The predicted molar refractivity (Wildman–Crippen MR) is 226 cm³/mol. The van der Waals surface area contributed by atoms with Crippen molar-refractivity contribution in [2.45, 2.75) is 62.3 Å². The number of nitrogens with two attached hydrogens (primary N) is 1. The van der Waals surface area contributed by atoms with Gasteiger partial charge in [-0.15, -0.1) is 10.2 Å². The van der Waals surface area contributed by atoms with E-state index in [0.29, 0.717) is 31.9 Å². The van der Waals surface area contributed by atoms with Crippen molar-refractivity contribution in [2.24, 2.45) is 11.1 Å². The van der Waals surface area contributed by atoms with Gasteiger partial charge in [0, 0.05) is 16.7 Å². The SMILES string of the molecule is COc1ccc(CN(Cc2ccc(OC)cc2)S(=O)(=O)c2c(S(=O)(=O)NC([C@@H](O)COC(N)=O)C(C)(C)C)ccc(I)c2-c2nnn(Cc3ccc(OC)cc3)n2)cc1. The van der Waals surface area contributed by atoms with Crippen molar-refractivity contribution >= 4 is 48.7 Å². The fourth-order valence-electron chi connectivity index (χ4n) is 6.07. The van der Waals surface area contributed by atoms with Crippen molar-refractivity contribution in [3.8, 4) is 28.6 Å². The number of carbonyl (C=O) groups excluding carboxylic acids is 1. The van der Waals surface area contributed by atoms with Crippen molar-refractivity contribution in [2.75, 3.05) is 27.9 Å². The van der Waals surface area contributed by atoms with E-state index in [2.05, 4.69) is 20.1 Å². The number of halogens is 1. The molecule has 4 aromatic carbocycles. The average molecular weight is 964 g/mol. The molecule has 20 heteroatoms. The summed E-state index contributed by atoms with van der Waals surface area (Å²) in [5.74, 6) is 1.60. The molecule has 316 valence electrons. The summed E-state index contributed by atoms with van der Waals surface area (Å²) in [5.41, 5.74) is 5.96. The molecule has 0 spiro atoms. The molecule has 17 nitrogen and oxygen atoms in total. The van der Waals surface area contributed by atoms with Crippen LogP contribution in [0.4, 0.5) is 4.79 Å². The summed E-state index contributed by atoms with van der Waals surface area (Å²) in [6.45, 7) is 4.09. The van der Waals surface area contributed by atoms with Crippen molar-refractivity contribution in [1.29, 1.82) is 0 Å². The molecule has 0 aliphatic carbocycles. The topological polar surface area (TPSA) is 227 Å². The second kappa shape index (κ2) is 19.0. The number of benzene rings is 4. The van der Waals surface area contributed by atoms with Gasteiger partial charge in [0.15, 0.2) is 0 Å². The number of carbonyl (C=O) groups is 1. The fraction of sp³-hybridized carbons (Fsp3) is 0.333. The summed E-state index contributed by atoms with van der Waals surface area (Å²) >= 11 is 1.91. The predicted octanol–water partition coefficient (Wildman–Crippen LogP) is 4.56. The highest BCUT2D eigenvalue weighted by molar-refractivity contribution is 14.1. The standard InChI is InChI=1S/C39H46IN7O10S2/c1-39(2,3)36(32(48)24-57-38(41)49)44-58(50,51)33-20-19-31(40)34(37-42-45-47(43-37)23-27-11-17-30(56-6)18-12-27)35(33)59(52,53)46(21-25-7-13-28(54-4)14-8-25)22-26-9-15-29(55-5)16-10-26/h7-20,32,36,44,48H,21-24H2,1-6H3,(H2,41,49)/t32-,36?/m0/s1. The maximum atomic E-state index is 15.5. The fourth-order valence-corrected chi connectivity index (χ4v) is 10.8. The van der Waals surface area contributed by atoms with E-state index in [1.165, 1.54) is 31.1 Å². The lowest BCUT2D eigenvalue weighted by Crippen LogP contribution is -2.53. The first-order valence-electron chi connectivity index (χ1n) is 18.0. The number of aromatic nitrogens is 4. The van der Waals surface area contributed by atoms with E-state index in [0.717, 1.165) is 9.87 Å². The van der Waals surface area contributed by atoms with E-state index in [1.807, 2.05) is 34.7 Å². The van der Waals surface area contributed by atoms with Gasteiger partial charge in [0.05, 0.1) is 39.5 Å². The number of tetrazole rings is 1. The monoisotopic (exact) mass is 963 g/mol. The van der Waals surface area contributed by atoms with Crippen LogP contribution in [-0.4, -0.2) is 92.6 Å². The van der Waals surface area contributed by atoms with Crippen molar-refractivity contribution in [3.05, 3.63) is 105 Å². The van der Waals surface area contributed by atoms with Gasteiger partial charge in [-0.1, -0.05) is 57.2 Å². The molecule has 4 N–H and O–H groups in total. The van der Waals surface area contributed by atoms with Gasteiger partial charge in [-0.05, 0) is 98.4 Å². The Morgan fingerprint density at radius 2 is 1.32 bits per heavy atom. The quantitative estimate of drug-likeness (QED) is 0.103. The first-order chi connectivity index (χ1) is 27.9. The molecule has 5 aromatic rings. The Kier molecular flexibility index (Phi) is 14.6. The van der Waals surface area contributed by atoms with E-state index in [9.17, 15) is 18.3 Å². The van der Waals surface area contributed by atoms with Gasteiger partial charge in [-0.2, -0.15) is 9.10 Å². The second-order valence-electron chi connectivity index (χ2n) is 14.4. The lowest BCUT2D eigenvalue weighted by molar-refractivity contribution is 0.0253. The van der Waals surface area contributed by atoms with E-state index in [1.54, 1.807) is 88.5 Å². The van der Waals surface area contributed by atoms with Crippen LogP contribution in [0.1, 0.15) is 37.5 Å². The van der Waals surface area contributed by atoms with Gasteiger partial charge in [0.1, 0.15) is 39.8 Å². The highest BCUT2D eigenvalue weighted by Crippen LogP contribution is 2.38. The molecule has 1 aromatic heterocycles. The molecule has 0 fully saturated rings. The van der Waals surface area contributed by atoms with Crippen molar-refractivity contribution < 1.29 is 45.7 Å². The number of amides is 1. The number of hydrogen-bond acceptors (Lipinski definition) is 13. The third kappa shape index (κ3) is 11.2. The number of primary amides is 1. The summed E-state index contributed by atoms with van der Waals surface area (Å²) in [5, 5.41) is 24.1. The molecule has 0 aliphatic rings. The highest BCUT2D eigenvalue weighted by atomic mass is 127. The molecule has 1 unspecified atom stereocenters. The molecule has 0 saturated carbocycles. The molecule has 2 atom stereocenters. The second-order valence-corrected chi connectivity index (χ2v) is 19.1. The molecule has 0 radical (unpaired) electrons. The number of methoxy groups -OCH3 is 3. The van der Waals surface area contributed by atoms with E-state index in [4.69, 9.17) is 24.7 Å². The van der Waals surface area contributed by atoms with Crippen LogP contribution in [0.5, 0.6) is 17.2 Å². The third-order valence-corrected chi connectivity index (χ3v) is 13.5. The number of nitrogens with zero attached hydrogens (tertiary/aromatic N) is 5. The number of rotatable bonds is 18. The minimum absolute atomic E-state index is 0.117. The minimum atomic E-state index is -4.85. The summed E-state index contributed by atoms with van der Waals surface area (Å²) in [7, 11) is -5.12. The Balaban J connectivity index is 1.72. The van der Waals surface area contributed by atoms with Crippen LogP contribution in [0.25, 0.3) is 11.4 Å². The molecule has 0 aliphatic heterocycles. The number of aliphatic hydroxyl groups is 1. The molecule has 5 rings (SSSR count).